The number of anilines is 1. The summed E-state index contributed by atoms with van der Waals surface area (Å²) in [4.78, 5) is 42.7. The van der Waals surface area contributed by atoms with Crippen LogP contribution in [0.25, 0.3) is 16.6 Å². The van der Waals surface area contributed by atoms with E-state index in [1.807, 2.05) is 22.9 Å². The normalized spacial score (nSPS) is 11.7. The lowest BCUT2D eigenvalue weighted by Crippen LogP contribution is -2.41. The van der Waals surface area contributed by atoms with Crippen molar-refractivity contribution in [3.8, 4) is 11.8 Å². The van der Waals surface area contributed by atoms with Crippen molar-refractivity contribution in [3.05, 3.63) is 123 Å². The Balaban J connectivity index is 1.72. The lowest BCUT2D eigenvalue weighted by molar-refractivity contribution is 0.209. The molecule has 3 aromatic carbocycles. The zero-order valence-corrected chi connectivity index (χ0v) is 20.1. The summed E-state index contributed by atoms with van der Waals surface area (Å²) in [6.07, 6.45) is 4.51. The van der Waals surface area contributed by atoms with Crippen LogP contribution in [0, 0.1) is 11.3 Å². The Hall–Kier alpha value is -5.43. The molecule has 0 radical (unpaired) electrons. The van der Waals surface area contributed by atoms with Gasteiger partial charge in [-0.3, -0.25) is 14.7 Å². The number of nitrogens with one attached hydrogen (secondary N) is 1. The van der Waals surface area contributed by atoms with Gasteiger partial charge in [0.05, 0.1) is 40.6 Å². The van der Waals surface area contributed by atoms with Gasteiger partial charge in [-0.2, -0.15) is 5.26 Å². The lowest BCUT2D eigenvalue weighted by atomic mass is 10.0. The molecule has 188 valence electrons. The third kappa shape index (κ3) is 4.68. The first-order valence-corrected chi connectivity index (χ1v) is 11.8. The second-order valence-electron chi connectivity index (χ2n) is 8.63. The van der Waals surface area contributed by atoms with Gasteiger partial charge in [0.2, 0.25) is 0 Å². The van der Waals surface area contributed by atoms with E-state index >= 15 is 0 Å². The molecule has 0 fully saturated rings. The summed E-state index contributed by atoms with van der Waals surface area (Å²) in [5.41, 5.74) is 1.40. The lowest BCUT2D eigenvalue weighted by Gasteiger charge is -2.24. The smallest absolute Gasteiger partial charge is 0.409 e. The van der Waals surface area contributed by atoms with Crippen LogP contribution in [0.5, 0.6) is 0 Å². The Labute approximate surface area is 216 Å². The Morgan fingerprint density at radius 1 is 1.03 bits per heavy atom. The highest BCUT2D eigenvalue weighted by Crippen LogP contribution is 2.26. The molecule has 1 atom stereocenters. The van der Waals surface area contributed by atoms with E-state index in [0.29, 0.717) is 40.8 Å². The number of amides is 1. The highest BCUT2D eigenvalue weighted by molar-refractivity contribution is 5.83. The molecule has 2 N–H and O–H groups in total. The van der Waals surface area contributed by atoms with Crippen LogP contribution in [0.4, 0.5) is 10.5 Å². The molecule has 0 spiro atoms. The molecule has 1 unspecified atom stereocenters. The van der Waals surface area contributed by atoms with Crippen LogP contribution < -0.4 is 16.6 Å². The maximum atomic E-state index is 14.1. The van der Waals surface area contributed by atoms with E-state index < -0.39 is 23.4 Å². The number of carbonyl (C=O) groups is 1. The number of nitrogens with zero attached hydrogens (tertiary/aromatic N) is 5. The average molecular weight is 507 g/mol. The first-order valence-electron chi connectivity index (χ1n) is 11.8. The van der Waals surface area contributed by atoms with Crippen molar-refractivity contribution in [3.63, 3.8) is 0 Å². The van der Waals surface area contributed by atoms with Crippen LogP contribution in [0.2, 0.25) is 0 Å². The fourth-order valence-electron chi connectivity index (χ4n) is 4.54. The molecular weight excluding hydrogens is 484 g/mol. The van der Waals surface area contributed by atoms with E-state index in [-0.39, 0.29) is 0 Å². The minimum absolute atomic E-state index is 0.309. The molecule has 0 saturated carbocycles. The van der Waals surface area contributed by atoms with Crippen molar-refractivity contribution >= 4 is 22.7 Å². The largest absolute Gasteiger partial charge is 0.465 e. The molecule has 0 saturated heterocycles. The van der Waals surface area contributed by atoms with Gasteiger partial charge < -0.3 is 9.67 Å². The predicted molar refractivity (Wildman–Crippen MR) is 142 cm³/mol. The minimum atomic E-state index is -1.22. The highest BCUT2D eigenvalue weighted by atomic mass is 16.4. The van der Waals surface area contributed by atoms with Crippen LogP contribution in [-0.2, 0) is 6.54 Å². The zero-order chi connectivity index (χ0) is 26.6. The molecule has 10 heteroatoms. The molecule has 10 nitrogen and oxygen atoms in total. The number of benzene rings is 3. The Bertz CT molecular complexity index is 1760. The zero-order valence-electron chi connectivity index (χ0n) is 20.1. The number of nitriles is 1. The van der Waals surface area contributed by atoms with E-state index in [9.17, 15) is 19.6 Å². The first-order chi connectivity index (χ1) is 18.5. The van der Waals surface area contributed by atoms with Crippen molar-refractivity contribution in [2.45, 2.75) is 19.0 Å². The summed E-state index contributed by atoms with van der Waals surface area (Å²) in [7, 11) is 0. The van der Waals surface area contributed by atoms with Gasteiger partial charge in [0.15, 0.2) is 0 Å². The average Bonchev–Trinajstić information content (AvgIpc) is 3.45. The Morgan fingerprint density at radius 3 is 2.42 bits per heavy atom. The molecule has 5 aromatic rings. The van der Waals surface area contributed by atoms with Crippen LogP contribution in [0.15, 0.2) is 101 Å². The van der Waals surface area contributed by atoms with Gasteiger partial charge in [-0.15, -0.1) is 0 Å². The van der Waals surface area contributed by atoms with E-state index in [1.54, 1.807) is 53.5 Å². The second kappa shape index (κ2) is 10.3. The molecule has 0 aliphatic carbocycles. The van der Waals surface area contributed by atoms with E-state index in [1.165, 1.54) is 24.3 Å². The van der Waals surface area contributed by atoms with Crippen molar-refractivity contribution < 1.29 is 9.90 Å². The van der Waals surface area contributed by atoms with Crippen LogP contribution in [-0.4, -0.2) is 29.9 Å². The molecule has 2 heterocycles. The van der Waals surface area contributed by atoms with Crippen LogP contribution in [0.3, 0.4) is 0 Å². The van der Waals surface area contributed by atoms with Crippen molar-refractivity contribution in [2.75, 3.05) is 5.32 Å². The van der Waals surface area contributed by atoms with Gasteiger partial charge in [-0.05, 0) is 60.5 Å². The quantitative estimate of drug-likeness (QED) is 0.343. The number of imidazole rings is 1. The van der Waals surface area contributed by atoms with Crippen molar-refractivity contribution in [1.82, 2.24) is 18.7 Å². The summed E-state index contributed by atoms with van der Waals surface area (Å²) < 4.78 is 4.62. The number of hydrogen-bond acceptors (Lipinski definition) is 5. The summed E-state index contributed by atoms with van der Waals surface area (Å²) in [6, 6.07) is 21.7. The summed E-state index contributed by atoms with van der Waals surface area (Å²) in [5, 5.41) is 20.9. The number of aryl methyl sites for hydroxylation is 1. The van der Waals surface area contributed by atoms with Gasteiger partial charge in [-0.25, -0.2) is 19.1 Å². The Kier molecular flexibility index (Phi) is 6.57. The Morgan fingerprint density at radius 2 is 1.76 bits per heavy atom. The summed E-state index contributed by atoms with van der Waals surface area (Å²) in [6.45, 7) is 0.556. The predicted octanol–water partition coefficient (Wildman–Crippen LogP) is 3.99. The van der Waals surface area contributed by atoms with Crippen LogP contribution >= 0.6 is 0 Å². The fraction of sp³-hybridized carbons (Fsp3) is 0.107. The van der Waals surface area contributed by atoms with E-state index in [0.717, 1.165) is 10.1 Å². The molecule has 2 aromatic heterocycles. The molecule has 38 heavy (non-hydrogen) atoms. The van der Waals surface area contributed by atoms with Gasteiger partial charge in [0.1, 0.15) is 0 Å². The van der Waals surface area contributed by atoms with E-state index in [4.69, 9.17) is 5.11 Å². The number of hydrogen-bond donors (Lipinski definition) is 2. The topological polar surface area (TPSA) is 135 Å². The maximum absolute atomic E-state index is 14.1. The standard InChI is InChI=1S/C28H22N6O4/c29-17-19-5-7-20(8-6-19)24(13-15-32-16-14-30-18-32)34-25-4-2-1-3-23(25)26(35)33(28(34)38)22-11-9-21(10-12-22)31-27(36)37/h1-12,14,16,18,24,31H,13,15H2,(H,36,37). The number of rotatable bonds is 7. The first kappa shape index (κ1) is 24.3. The molecule has 1 amide bonds. The van der Waals surface area contributed by atoms with Gasteiger partial charge in [0, 0.05) is 24.6 Å². The number of carboxylic acid groups (broad SMARTS) is 1. The molecule has 0 aliphatic rings. The fourth-order valence-corrected chi connectivity index (χ4v) is 4.54. The van der Waals surface area contributed by atoms with Crippen LogP contribution in [0.1, 0.15) is 23.6 Å². The van der Waals surface area contributed by atoms with Gasteiger partial charge in [-0.1, -0.05) is 24.3 Å². The molecule has 5 rings (SSSR count). The van der Waals surface area contributed by atoms with Crippen molar-refractivity contribution in [1.29, 1.82) is 5.26 Å². The van der Waals surface area contributed by atoms with E-state index in [2.05, 4.69) is 16.4 Å². The van der Waals surface area contributed by atoms with Gasteiger partial charge in [0.25, 0.3) is 5.56 Å². The molecule has 0 bridgehead atoms. The molecule has 0 aliphatic heterocycles. The van der Waals surface area contributed by atoms with Gasteiger partial charge >= 0.3 is 11.8 Å². The summed E-state index contributed by atoms with van der Waals surface area (Å²) in [5.74, 6) is 0. The number of para-hydroxylation sites is 1. The minimum Gasteiger partial charge on any atom is -0.465 e. The summed E-state index contributed by atoms with van der Waals surface area (Å²) >= 11 is 0. The number of aromatic nitrogens is 4. The molecular formula is C28H22N6O4. The monoisotopic (exact) mass is 506 g/mol. The third-order valence-electron chi connectivity index (χ3n) is 6.33. The second-order valence-corrected chi connectivity index (χ2v) is 8.63. The maximum Gasteiger partial charge on any atom is 0.409 e. The van der Waals surface area contributed by atoms with Crippen molar-refractivity contribution in [2.24, 2.45) is 0 Å². The SMILES string of the molecule is N#Cc1ccc(C(CCn2ccnc2)n2c(=O)n(-c3ccc(NC(=O)O)cc3)c(=O)c3ccccc32)cc1. The third-order valence-corrected chi connectivity index (χ3v) is 6.33. The highest BCUT2D eigenvalue weighted by Gasteiger charge is 2.22. The number of fused-ring (bicyclic) bond motifs is 1.